The van der Waals surface area contributed by atoms with Crippen LogP contribution in [-0.2, 0) is 42.7 Å². The molecule has 4 heterocycles. The van der Waals surface area contributed by atoms with E-state index in [1.807, 2.05) is 6.92 Å². The third-order valence-electron chi connectivity index (χ3n) is 17.0. The summed E-state index contributed by atoms with van der Waals surface area (Å²) < 4.78 is 43.7. The number of fused-ring (bicyclic) bond motifs is 6. The average Bonchev–Trinajstić information content (AvgIpc) is 3.87. The number of carbonyl (C=O) groups is 2. The minimum atomic E-state index is -1.30. The highest BCUT2D eigenvalue weighted by Crippen LogP contribution is 2.89. The first kappa shape index (κ1) is 35.3. The van der Waals surface area contributed by atoms with Gasteiger partial charge in [-0.15, -0.1) is 0 Å². The van der Waals surface area contributed by atoms with Crippen molar-refractivity contribution in [1.82, 2.24) is 0 Å². The van der Waals surface area contributed by atoms with Crippen LogP contribution in [0.5, 0.6) is 0 Å². The molecule has 3 spiro atoms. The molecule has 9 aliphatic rings. The lowest BCUT2D eigenvalue weighted by Gasteiger charge is -2.65. The minimum Gasteiger partial charge on any atom is -0.462 e. The molecule has 0 amide bonds. The van der Waals surface area contributed by atoms with E-state index in [4.69, 9.17) is 33.2 Å². The second-order valence-electron chi connectivity index (χ2n) is 19.5. The molecule has 19 atom stereocenters. The van der Waals surface area contributed by atoms with Gasteiger partial charge in [0.2, 0.25) is 5.79 Å². The van der Waals surface area contributed by atoms with Crippen molar-refractivity contribution in [3.63, 3.8) is 0 Å². The van der Waals surface area contributed by atoms with Crippen LogP contribution in [0.15, 0.2) is 0 Å². The van der Waals surface area contributed by atoms with E-state index in [-0.39, 0.29) is 75.9 Å². The maximum atomic E-state index is 12.9. The number of carbonyl (C=O) groups excluding carboxylic acids is 2. The van der Waals surface area contributed by atoms with Crippen molar-refractivity contribution < 1.29 is 58.1 Å². The molecule has 4 aliphatic heterocycles. The van der Waals surface area contributed by atoms with Gasteiger partial charge in [0.05, 0.1) is 18.8 Å². The second kappa shape index (κ2) is 10.7. The van der Waals surface area contributed by atoms with Crippen molar-refractivity contribution in [2.45, 2.75) is 173 Å². The molecule has 0 aromatic heterocycles. The number of aliphatic hydroxyl groups is 3. The zero-order valence-electron chi connectivity index (χ0n) is 31.4. The highest BCUT2D eigenvalue weighted by Gasteiger charge is 2.87. The second-order valence-corrected chi connectivity index (χ2v) is 19.5. The van der Waals surface area contributed by atoms with Crippen molar-refractivity contribution in [3.8, 4) is 0 Å². The van der Waals surface area contributed by atoms with Gasteiger partial charge in [-0.3, -0.25) is 9.59 Å². The number of esters is 2. The molecular formula is C39H58O12. The third-order valence-corrected chi connectivity index (χ3v) is 17.0. The maximum absolute atomic E-state index is 12.9. The Morgan fingerprint density at radius 2 is 1.51 bits per heavy atom. The number of hydrogen-bond acceptors (Lipinski definition) is 12. The van der Waals surface area contributed by atoms with Gasteiger partial charge >= 0.3 is 11.9 Å². The zero-order chi connectivity index (χ0) is 36.5. The summed E-state index contributed by atoms with van der Waals surface area (Å²) in [6, 6.07) is 0. The number of epoxide rings is 1. The third kappa shape index (κ3) is 4.31. The Bertz CT molecular complexity index is 1500. The summed E-state index contributed by atoms with van der Waals surface area (Å²) in [6.07, 6.45) is 0.793. The van der Waals surface area contributed by atoms with E-state index in [2.05, 4.69) is 34.6 Å². The molecule has 3 N–H and O–H groups in total. The van der Waals surface area contributed by atoms with Crippen LogP contribution in [0.25, 0.3) is 0 Å². The van der Waals surface area contributed by atoms with Gasteiger partial charge < -0.3 is 48.5 Å². The minimum absolute atomic E-state index is 0.0150. The summed E-state index contributed by atoms with van der Waals surface area (Å²) in [5.74, 6) is -0.646. The Morgan fingerprint density at radius 3 is 2.16 bits per heavy atom. The van der Waals surface area contributed by atoms with Gasteiger partial charge in [-0.05, 0) is 97.2 Å². The predicted molar refractivity (Wildman–Crippen MR) is 177 cm³/mol. The Labute approximate surface area is 300 Å². The Hall–Kier alpha value is -1.38. The Kier molecular flexibility index (Phi) is 7.40. The summed E-state index contributed by atoms with van der Waals surface area (Å²) in [6.45, 7) is 16.3. The number of rotatable bonds is 4. The molecule has 5 saturated carbocycles. The largest absolute Gasteiger partial charge is 0.462 e. The molecule has 4 saturated heterocycles. The van der Waals surface area contributed by atoms with Gasteiger partial charge in [0.1, 0.15) is 30.0 Å². The van der Waals surface area contributed by atoms with Gasteiger partial charge in [0.15, 0.2) is 18.7 Å². The van der Waals surface area contributed by atoms with E-state index in [0.717, 1.165) is 44.9 Å². The van der Waals surface area contributed by atoms with Crippen molar-refractivity contribution in [3.05, 3.63) is 0 Å². The molecule has 12 heteroatoms. The highest BCUT2D eigenvalue weighted by atomic mass is 16.8. The standard InChI is InChI=1S/C39H58O12/c1-18-13-39(31-36(8,50-31)32(44)51-39)49-22-14-34(6)24-10-9-23-33(4,5)25(48-30-29(47-20(3)41)28(43)21(42)16-45-30)11-12-37(23)17-38(24,37)15-26(46-19(2)40)35(34,7)27(18)22/h18,21-32,42-44H,9-17H2,1-8H3/t18-,21-,22+,23+,24+,25+,26-,27+,28+,29-,30+,31-,32+,34+,35-,36+,37-,38+,39-/m1/s1. The van der Waals surface area contributed by atoms with Crippen LogP contribution in [-0.4, -0.2) is 101 Å². The van der Waals surface area contributed by atoms with E-state index in [1.165, 1.54) is 13.8 Å². The topological polar surface area (TPSA) is 163 Å². The van der Waals surface area contributed by atoms with Gasteiger partial charge in [-0.1, -0.05) is 34.6 Å². The fourth-order valence-corrected chi connectivity index (χ4v) is 14.9. The molecule has 5 aliphatic carbocycles. The van der Waals surface area contributed by atoms with E-state index >= 15 is 0 Å². The Balaban J connectivity index is 1.02. The van der Waals surface area contributed by atoms with Crippen molar-refractivity contribution >= 4 is 11.9 Å². The van der Waals surface area contributed by atoms with Crippen LogP contribution in [0, 0.1) is 50.7 Å². The van der Waals surface area contributed by atoms with Gasteiger partial charge in [-0.2, -0.15) is 0 Å². The monoisotopic (exact) mass is 718 g/mol. The SMILES string of the molecule is CC(=O)O[C@H]1[C@H](O[C@H]2CC[C@]34C[C@]35C[C@@H](OC(C)=O)[C@]3(C)[C@H]6[C@H](C)C[C@@]7(O[C@H]6C[C@@]3(C)[C@@H]5CC[C@H]4C2(C)C)O[C@H](O)[C@@]2(C)O[C@@H]72)OC[C@@H](O)[C@@H]1O. The highest BCUT2D eigenvalue weighted by molar-refractivity contribution is 5.66. The fraction of sp³-hybridized carbons (Fsp3) is 0.949. The lowest BCUT2D eigenvalue weighted by atomic mass is 9.41. The van der Waals surface area contributed by atoms with E-state index < -0.39 is 48.2 Å². The molecule has 0 unspecified atom stereocenters. The lowest BCUT2D eigenvalue weighted by molar-refractivity contribution is -0.346. The van der Waals surface area contributed by atoms with E-state index in [9.17, 15) is 24.9 Å². The summed E-state index contributed by atoms with van der Waals surface area (Å²) >= 11 is 0. The molecule has 0 bridgehead atoms. The number of aliphatic hydroxyl groups excluding tert-OH is 3. The fourth-order valence-electron chi connectivity index (χ4n) is 14.9. The van der Waals surface area contributed by atoms with Crippen LogP contribution in [0.3, 0.4) is 0 Å². The van der Waals surface area contributed by atoms with Gasteiger partial charge in [-0.25, -0.2) is 0 Å². The summed E-state index contributed by atoms with van der Waals surface area (Å²) in [5, 5.41) is 31.8. The molecule has 9 fully saturated rings. The molecule has 286 valence electrons. The molecule has 9 rings (SSSR count). The molecular weight excluding hydrogens is 660 g/mol. The average molecular weight is 719 g/mol. The van der Waals surface area contributed by atoms with Gasteiger partial charge in [0.25, 0.3) is 0 Å². The predicted octanol–water partition coefficient (Wildman–Crippen LogP) is 3.60. The van der Waals surface area contributed by atoms with Crippen molar-refractivity contribution in [2.24, 2.45) is 50.7 Å². The van der Waals surface area contributed by atoms with Crippen LogP contribution in [0.4, 0.5) is 0 Å². The first-order valence-electron chi connectivity index (χ1n) is 19.5. The normalized spacial score (nSPS) is 60.1. The van der Waals surface area contributed by atoms with Crippen molar-refractivity contribution in [2.75, 3.05) is 6.61 Å². The van der Waals surface area contributed by atoms with Crippen LogP contribution >= 0.6 is 0 Å². The lowest BCUT2D eigenvalue weighted by Crippen LogP contribution is -2.64. The molecule has 51 heavy (non-hydrogen) atoms. The zero-order valence-corrected chi connectivity index (χ0v) is 31.4. The maximum Gasteiger partial charge on any atom is 0.303 e. The summed E-state index contributed by atoms with van der Waals surface area (Å²) in [7, 11) is 0. The van der Waals surface area contributed by atoms with E-state index in [1.54, 1.807) is 0 Å². The molecule has 0 aromatic rings. The first-order chi connectivity index (χ1) is 23.8. The summed E-state index contributed by atoms with van der Waals surface area (Å²) in [5.41, 5.74) is -1.38. The summed E-state index contributed by atoms with van der Waals surface area (Å²) in [4.78, 5) is 24.9. The Morgan fingerprint density at radius 1 is 0.804 bits per heavy atom. The van der Waals surface area contributed by atoms with E-state index in [0.29, 0.717) is 18.3 Å². The molecule has 0 aromatic carbocycles. The smallest absolute Gasteiger partial charge is 0.303 e. The first-order valence-corrected chi connectivity index (χ1v) is 19.5. The number of ether oxygens (including phenoxy) is 7. The quantitative estimate of drug-likeness (QED) is 0.220. The van der Waals surface area contributed by atoms with Crippen LogP contribution in [0.2, 0.25) is 0 Å². The van der Waals surface area contributed by atoms with Crippen LogP contribution < -0.4 is 0 Å². The van der Waals surface area contributed by atoms with Crippen LogP contribution in [0.1, 0.15) is 107 Å². The number of hydrogen-bond donors (Lipinski definition) is 3. The van der Waals surface area contributed by atoms with Gasteiger partial charge in [0, 0.05) is 25.7 Å². The van der Waals surface area contributed by atoms with Crippen molar-refractivity contribution in [1.29, 1.82) is 0 Å². The molecule has 0 radical (unpaired) electrons. The molecule has 12 nitrogen and oxygen atoms in total.